The Labute approximate surface area is 96.7 Å². The van der Waals surface area contributed by atoms with Crippen LogP contribution in [-0.2, 0) is 0 Å². The van der Waals surface area contributed by atoms with Crippen molar-refractivity contribution in [1.82, 2.24) is 9.38 Å². The molecule has 3 heterocycles. The number of rotatable bonds is 2. The Bertz CT molecular complexity index is 655. The van der Waals surface area contributed by atoms with Crippen LogP contribution in [0, 0.1) is 0 Å². The number of carbonyl (C=O) groups is 1. The number of pyridine rings is 1. The molecule has 3 rings (SSSR count). The van der Waals surface area contributed by atoms with E-state index in [1.807, 2.05) is 22.9 Å². The first-order valence-electron chi connectivity index (χ1n) is 5.11. The number of hydrogen-bond donors (Lipinski definition) is 1. The Hall–Kier alpha value is -2.56. The van der Waals surface area contributed by atoms with Gasteiger partial charge in [-0.25, -0.2) is 4.98 Å². The first kappa shape index (κ1) is 9.65. The molecule has 17 heavy (non-hydrogen) atoms. The summed E-state index contributed by atoms with van der Waals surface area (Å²) in [6.07, 6.45) is 6.83. The molecule has 5 heteroatoms. The Morgan fingerprint density at radius 1 is 1.29 bits per heavy atom. The van der Waals surface area contributed by atoms with Crippen LogP contribution >= 0.6 is 0 Å². The van der Waals surface area contributed by atoms with E-state index in [-0.39, 0.29) is 11.7 Å². The number of nitrogens with zero attached hydrogens (tertiary/aromatic N) is 2. The van der Waals surface area contributed by atoms with E-state index in [0.717, 1.165) is 0 Å². The molecule has 3 aromatic rings. The monoisotopic (exact) mass is 227 g/mol. The second-order valence-electron chi connectivity index (χ2n) is 3.51. The number of anilines is 1. The van der Waals surface area contributed by atoms with E-state index in [4.69, 9.17) is 4.42 Å². The van der Waals surface area contributed by atoms with Gasteiger partial charge in [-0.1, -0.05) is 0 Å². The van der Waals surface area contributed by atoms with Crippen molar-refractivity contribution in [2.75, 3.05) is 5.32 Å². The fraction of sp³-hybridized carbons (Fsp3) is 0. The standard InChI is InChI=1S/C12H9N3O2/c16-12(10-4-2-8-17-10)14-9-3-1-6-15-7-5-13-11(9)15/h1-8H,(H,14,16). The summed E-state index contributed by atoms with van der Waals surface area (Å²) in [5.74, 6) is -0.00957. The Balaban J connectivity index is 1.95. The highest BCUT2D eigenvalue weighted by Crippen LogP contribution is 2.15. The maximum atomic E-state index is 11.8. The van der Waals surface area contributed by atoms with Crippen molar-refractivity contribution in [3.63, 3.8) is 0 Å². The van der Waals surface area contributed by atoms with Crippen LogP contribution in [0.25, 0.3) is 5.65 Å². The molecule has 0 aromatic carbocycles. The van der Waals surface area contributed by atoms with Gasteiger partial charge in [0.25, 0.3) is 5.91 Å². The number of imidazole rings is 1. The first-order valence-corrected chi connectivity index (χ1v) is 5.11. The van der Waals surface area contributed by atoms with Gasteiger partial charge < -0.3 is 14.1 Å². The third kappa shape index (κ3) is 1.67. The van der Waals surface area contributed by atoms with Gasteiger partial charge in [0.1, 0.15) is 0 Å². The van der Waals surface area contributed by atoms with Crippen LogP contribution in [0.15, 0.2) is 53.5 Å². The van der Waals surface area contributed by atoms with E-state index in [1.165, 1.54) is 6.26 Å². The zero-order chi connectivity index (χ0) is 11.7. The highest BCUT2D eigenvalue weighted by atomic mass is 16.3. The number of hydrogen-bond acceptors (Lipinski definition) is 3. The summed E-state index contributed by atoms with van der Waals surface area (Å²) in [6.45, 7) is 0. The normalized spacial score (nSPS) is 10.6. The molecule has 3 aromatic heterocycles. The van der Waals surface area contributed by atoms with E-state index in [9.17, 15) is 4.79 Å². The van der Waals surface area contributed by atoms with E-state index in [0.29, 0.717) is 11.3 Å². The van der Waals surface area contributed by atoms with Crippen molar-refractivity contribution in [3.05, 3.63) is 54.9 Å². The van der Waals surface area contributed by atoms with Gasteiger partial charge in [0, 0.05) is 18.6 Å². The van der Waals surface area contributed by atoms with Crippen LogP contribution in [0.3, 0.4) is 0 Å². The van der Waals surface area contributed by atoms with Gasteiger partial charge >= 0.3 is 0 Å². The van der Waals surface area contributed by atoms with Crippen molar-refractivity contribution in [3.8, 4) is 0 Å². The lowest BCUT2D eigenvalue weighted by Crippen LogP contribution is -2.11. The second-order valence-corrected chi connectivity index (χ2v) is 3.51. The van der Waals surface area contributed by atoms with Gasteiger partial charge in [0.2, 0.25) is 0 Å². The lowest BCUT2D eigenvalue weighted by molar-refractivity contribution is 0.0997. The lowest BCUT2D eigenvalue weighted by atomic mass is 10.3. The zero-order valence-electron chi connectivity index (χ0n) is 8.83. The summed E-state index contributed by atoms with van der Waals surface area (Å²) in [7, 11) is 0. The molecular weight excluding hydrogens is 218 g/mol. The fourth-order valence-electron chi connectivity index (χ4n) is 1.64. The maximum Gasteiger partial charge on any atom is 0.291 e. The fourth-order valence-corrected chi connectivity index (χ4v) is 1.64. The van der Waals surface area contributed by atoms with Gasteiger partial charge in [0.15, 0.2) is 11.4 Å². The predicted octanol–water partition coefficient (Wildman–Crippen LogP) is 2.18. The average molecular weight is 227 g/mol. The first-order chi connectivity index (χ1) is 8.34. The summed E-state index contributed by atoms with van der Waals surface area (Å²) in [6, 6.07) is 6.92. The van der Waals surface area contributed by atoms with Crippen LogP contribution in [0.5, 0.6) is 0 Å². The van der Waals surface area contributed by atoms with Gasteiger partial charge in [-0.15, -0.1) is 0 Å². The summed E-state index contributed by atoms with van der Waals surface area (Å²) < 4.78 is 6.85. The molecule has 1 amide bonds. The molecule has 0 aliphatic heterocycles. The van der Waals surface area contributed by atoms with Crippen LogP contribution in [-0.4, -0.2) is 15.3 Å². The Morgan fingerprint density at radius 2 is 2.24 bits per heavy atom. The molecule has 0 atom stereocenters. The van der Waals surface area contributed by atoms with Gasteiger partial charge in [-0.2, -0.15) is 0 Å². The Morgan fingerprint density at radius 3 is 3.06 bits per heavy atom. The lowest BCUT2D eigenvalue weighted by Gasteiger charge is -2.04. The quantitative estimate of drug-likeness (QED) is 0.729. The third-order valence-electron chi connectivity index (χ3n) is 2.41. The molecule has 0 unspecified atom stereocenters. The van der Waals surface area contributed by atoms with E-state index in [2.05, 4.69) is 10.3 Å². The molecule has 0 radical (unpaired) electrons. The van der Waals surface area contributed by atoms with Crippen LogP contribution in [0.1, 0.15) is 10.6 Å². The SMILES string of the molecule is O=C(Nc1cccn2ccnc12)c1ccco1. The van der Waals surface area contributed by atoms with Gasteiger partial charge in [-0.3, -0.25) is 4.79 Å². The number of amides is 1. The molecule has 0 saturated carbocycles. The molecule has 0 aliphatic rings. The smallest absolute Gasteiger partial charge is 0.291 e. The van der Waals surface area contributed by atoms with Crippen molar-refractivity contribution in [2.24, 2.45) is 0 Å². The third-order valence-corrected chi connectivity index (χ3v) is 2.41. The molecule has 5 nitrogen and oxygen atoms in total. The average Bonchev–Trinajstić information content (AvgIpc) is 3.00. The summed E-state index contributed by atoms with van der Waals surface area (Å²) in [4.78, 5) is 16.0. The molecule has 1 N–H and O–H groups in total. The largest absolute Gasteiger partial charge is 0.459 e. The van der Waals surface area contributed by atoms with Crippen LogP contribution in [0.2, 0.25) is 0 Å². The molecule has 0 fully saturated rings. The van der Waals surface area contributed by atoms with Gasteiger partial charge in [-0.05, 0) is 24.3 Å². The second kappa shape index (κ2) is 3.79. The maximum absolute atomic E-state index is 11.8. The highest BCUT2D eigenvalue weighted by Gasteiger charge is 2.10. The molecular formula is C12H9N3O2. The minimum absolute atomic E-state index is 0.276. The number of furan rings is 1. The van der Waals surface area contributed by atoms with Gasteiger partial charge in [0.05, 0.1) is 12.0 Å². The highest BCUT2D eigenvalue weighted by molar-refractivity contribution is 6.04. The van der Waals surface area contributed by atoms with E-state index >= 15 is 0 Å². The van der Waals surface area contributed by atoms with Crippen molar-refractivity contribution in [1.29, 1.82) is 0 Å². The number of fused-ring (bicyclic) bond motifs is 1. The summed E-state index contributed by atoms with van der Waals surface area (Å²) in [5, 5.41) is 2.76. The molecule has 84 valence electrons. The van der Waals surface area contributed by atoms with Crippen molar-refractivity contribution >= 4 is 17.2 Å². The molecule has 0 aliphatic carbocycles. The minimum atomic E-state index is -0.286. The van der Waals surface area contributed by atoms with E-state index in [1.54, 1.807) is 24.4 Å². The van der Waals surface area contributed by atoms with E-state index < -0.39 is 0 Å². The molecule has 0 spiro atoms. The Kier molecular flexibility index (Phi) is 2.15. The molecule has 0 saturated heterocycles. The predicted molar refractivity (Wildman–Crippen MR) is 61.9 cm³/mol. The number of aromatic nitrogens is 2. The zero-order valence-corrected chi connectivity index (χ0v) is 8.83. The summed E-state index contributed by atoms with van der Waals surface area (Å²) >= 11 is 0. The topological polar surface area (TPSA) is 59.5 Å². The summed E-state index contributed by atoms with van der Waals surface area (Å²) in [5.41, 5.74) is 1.35. The van der Waals surface area contributed by atoms with Crippen LogP contribution < -0.4 is 5.32 Å². The van der Waals surface area contributed by atoms with Crippen molar-refractivity contribution < 1.29 is 9.21 Å². The number of carbonyl (C=O) groups excluding carboxylic acids is 1. The number of nitrogens with one attached hydrogen (secondary N) is 1. The molecule has 0 bridgehead atoms. The minimum Gasteiger partial charge on any atom is -0.459 e. The van der Waals surface area contributed by atoms with Crippen molar-refractivity contribution in [2.45, 2.75) is 0 Å². The van der Waals surface area contributed by atoms with Crippen LogP contribution in [0.4, 0.5) is 5.69 Å².